The van der Waals surface area contributed by atoms with Crippen LogP contribution >= 0.6 is 0 Å². The lowest BCUT2D eigenvalue weighted by molar-refractivity contribution is 0.446. The number of piperidine rings is 1. The zero-order valence-electron chi connectivity index (χ0n) is 10.6. The molecular formula is C14H18N4. The molecule has 1 saturated heterocycles. The smallest absolute Gasteiger partial charge is 0.0953 e. The molecule has 0 atom stereocenters. The van der Waals surface area contributed by atoms with Gasteiger partial charge in [-0.05, 0) is 38.1 Å². The molecule has 1 aliphatic rings. The molecule has 4 heteroatoms. The Bertz CT molecular complexity index is 512. The van der Waals surface area contributed by atoms with Gasteiger partial charge in [-0.15, -0.1) is 0 Å². The third kappa shape index (κ3) is 2.04. The van der Waals surface area contributed by atoms with Crippen LogP contribution in [0.5, 0.6) is 0 Å². The SMILES string of the molecule is Cn1cnc(-c2cccnc2)c1C1CCNCC1. The van der Waals surface area contributed by atoms with Crippen LogP contribution in [-0.4, -0.2) is 27.6 Å². The Morgan fingerprint density at radius 3 is 2.89 bits per heavy atom. The quantitative estimate of drug-likeness (QED) is 0.875. The summed E-state index contributed by atoms with van der Waals surface area (Å²) in [6.45, 7) is 2.20. The van der Waals surface area contributed by atoms with E-state index in [2.05, 4.69) is 33.0 Å². The lowest BCUT2D eigenvalue weighted by atomic mass is 9.92. The highest BCUT2D eigenvalue weighted by atomic mass is 15.0. The molecular weight excluding hydrogens is 224 g/mol. The molecule has 0 radical (unpaired) electrons. The predicted octanol–water partition coefficient (Wildman–Crippen LogP) is 1.95. The largest absolute Gasteiger partial charge is 0.337 e. The van der Waals surface area contributed by atoms with E-state index in [1.54, 1.807) is 6.20 Å². The van der Waals surface area contributed by atoms with E-state index in [-0.39, 0.29) is 0 Å². The van der Waals surface area contributed by atoms with Gasteiger partial charge >= 0.3 is 0 Å². The van der Waals surface area contributed by atoms with Crippen molar-refractivity contribution in [3.05, 3.63) is 36.5 Å². The van der Waals surface area contributed by atoms with Crippen LogP contribution in [0, 0.1) is 0 Å². The lowest BCUT2D eigenvalue weighted by Gasteiger charge is -2.24. The van der Waals surface area contributed by atoms with E-state index < -0.39 is 0 Å². The standard InChI is InChI=1S/C14H18N4/c1-18-10-17-13(12-3-2-6-16-9-12)14(18)11-4-7-15-8-5-11/h2-3,6,9-11,15H,4-5,7-8H2,1H3. The summed E-state index contributed by atoms with van der Waals surface area (Å²) in [5.74, 6) is 0.606. The van der Waals surface area contributed by atoms with E-state index in [1.165, 1.54) is 18.5 Å². The van der Waals surface area contributed by atoms with Gasteiger partial charge in [0.05, 0.1) is 12.0 Å². The van der Waals surface area contributed by atoms with Crippen molar-refractivity contribution in [2.75, 3.05) is 13.1 Å². The molecule has 4 nitrogen and oxygen atoms in total. The van der Waals surface area contributed by atoms with Crippen LogP contribution in [0.2, 0.25) is 0 Å². The normalized spacial score (nSPS) is 16.9. The molecule has 0 amide bonds. The molecule has 0 spiro atoms. The second-order valence-corrected chi connectivity index (χ2v) is 4.86. The Morgan fingerprint density at radius 2 is 2.17 bits per heavy atom. The van der Waals surface area contributed by atoms with Crippen molar-refractivity contribution in [2.45, 2.75) is 18.8 Å². The highest BCUT2D eigenvalue weighted by Gasteiger charge is 2.22. The fraction of sp³-hybridized carbons (Fsp3) is 0.429. The maximum atomic E-state index is 4.56. The molecule has 1 aliphatic heterocycles. The monoisotopic (exact) mass is 242 g/mol. The van der Waals surface area contributed by atoms with Gasteiger partial charge in [0.2, 0.25) is 0 Å². The van der Waals surface area contributed by atoms with Gasteiger partial charge in [0.25, 0.3) is 0 Å². The average molecular weight is 242 g/mol. The van der Waals surface area contributed by atoms with Crippen molar-refractivity contribution in [1.82, 2.24) is 19.9 Å². The van der Waals surface area contributed by atoms with Crippen molar-refractivity contribution in [1.29, 1.82) is 0 Å². The number of imidazole rings is 1. The number of aromatic nitrogens is 3. The molecule has 0 aliphatic carbocycles. The Hall–Kier alpha value is -1.68. The number of pyridine rings is 1. The molecule has 3 rings (SSSR count). The first kappa shape index (κ1) is 11.4. The number of aryl methyl sites for hydroxylation is 1. The number of hydrogen-bond donors (Lipinski definition) is 1. The minimum Gasteiger partial charge on any atom is -0.337 e. The predicted molar refractivity (Wildman–Crippen MR) is 71.3 cm³/mol. The molecule has 18 heavy (non-hydrogen) atoms. The van der Waals surface area contributed by atoms with Crippen LogP contribution in [0.25, 0.3) is 11.3 Å². The number of hydrogen-bond acceptors (Lipinski definition) is 3. The van der Waals surface area contributed by atoms with Crippen LogP contribution in [0.4, 0.5) is 0 Å². The second-order valence-electron chi connectivity index (χ2n) is 4.86. The molecule has 0 unspecified atom stereocenters. The summed E-state index contributed by atoms with van der Waals surface area (Å²) in [4.78, 5) is 8.76. The summed E-state index contributed by atoms with van der Waals surface area (Å²) in [6, 6.07) is 4.05. The Balaban J connectivity index is 2.01. The van der Waals surface area contributed by atoms with Gasteiger partial charge < -0.3 is 9.88 Å². The van der Waals surface area contributed by atoms with Crippen LogP contribution in [0.15, 0.2) is 30.9 Å². The molecule has 0 bridgehead atoms. The first-order valence-electron chi connectivity index (χ1n) is 6.48. The average Bonchev–Trinajstić information content (AvgIpc) is 2.83. The fourth-order valence-corrected chi connectivity index (χ4v) is 2.74. The van der Waals surface area contributed by atoms with Crippen molar-refractivity contribution in [3.63, 3.8) is 0 Å². The Labute approximate surface area is 107 Å². The van der Waals surface area contributed by atoms with Crippen molar-refractivity contribution < 1.29 is 0 Å². The molecule has 0 saturated carbocycles. The summed E-state index contributed by atoms with van der Waals surface area (Å²) >= 11 is 0. The Kier molecular flexibility index (Phi) is 3.11. The second kappa shape index (κ2) is 4.90. The number of rotatable bonds is 2. The van der Waals surface area contributed by atoms with Gasteiger partial charge in [-0.3, -0.25) is 4.98 Å². The van der Waals surface area contributed by atoms with Gasteiger partial charge in [-0.2, -0.15) is 0 Å². The van der Waals surface area contributed by atoms with Crippen molar-refractivity contribution in [3.8, 4) is 11.3 Å². The van der Waals surface area contributed by atoms with Crippen LogP contribution < -0.4 is 5.32 Å². The highest BCUT2D eigenvalue weighted by Crippen LogP contribution is 2.32. The van der Waals surface area contributed by atoms with Crippen LogP contribution in [0.3, 0.4) is 0 Å². The summed E-state index contributed by atoms with van der Waals surface area (Å²) in [6.07, 6.45) is 7.99. The van der Waals surface area contributed by atoms with Crippen molar-refractivity contribution in [2.24, 2.45) is 7.05 Å². The maximum absolute atomic E-state index is 4.56. The van der Waals surface area contributed by atoms with E-state index in [0.29, 0.717) is 5.92 Å². The van der Waals surface area contributed by atoms with E-state index in [1.807, 2.05) is 18.6 Å². The lowest BCUT2D eigenvalue weighted by Crippen LogP contribution is -2.27. The molecule has 2 aromatic rings. The zero-order valence-corrected chi connectivity index (χ0v) is 10.6. The molecule has 94 valence electrons. The van der Waals surface area contributed by atoms with E-state index in [4.69, 9.17) is 0 Å². The van der Waals surface area contributed by atoms with Gasteiger partial charge in [0.1, 0.15) is 0 Å². The maximum Gasteiger partial charge on any atom is 0.0953 e. The number of nitrogens with zero attached hydrogens (tertiary/aromatic N) is 3. The number of nitrogens with one attached hydrogen (secondary N) is 1. The molecule has 3 heterocycles. The van der Waals surface area contributed by atoms with Gasteiger partial charge in [0.15, 0.2) is 0 Å². The molecule has 2 aromatic heterocycles. The van der Waals surface area contributed by atoms with Crippen LogP contribution in [0.1, 0.15) is 24.5 Å². The van der Waals surface area contributed by atoms with E-state index >= 15 is 0 Å². The summed E-state index contributed by atoms with van der Waals surface area (Å²) in [5.41, 5.74) is 3.56. The minimum absolute atomic E-state index is 0.606. The minimum atomic E-state index is 0.606. The van der Waals surface area contributed by atoms with E-state index in [0.717, 1.165) is 24.3 Å². The fourth-order valence-electron chi connectivity index (χ4n) is 2.74. The molecule has 1 fully saturated rings. The van der Waals surface area contributed by atoms with Gasteiger partial charge in [-0.25, -0.2) is 4.98 Å². The summed E-state index contributed by atoms with van der Waals surface area (Å²) < 4.78 is 2.16. The summed E-state index contributed by atoms with van der Waals surface area (Å²) in [7, 11) is 2.09. The molecule has 1 N–H and O–H groups in total. The first-order valence-corrected chi connectivity index (χ1v) is 6.48. The summed E-state index contributed by atoms with van der Waals surface area (Å²) in [5, 5.41) is 3.41. The highest BCUT2D eigenvalue weighted by molar-refractivity contribution is 5.61. The van der Waals surface area contributed by atoms with Gasteiger partial charge in [0, 0.05) is 36.6 Å². The first-order chi connectivity index (χ1) is 8.86. The Morgan fingerprint density at radius 1 is 1.33 bits per heavy atom. The van der Waals surface area contributed by atoms with E-state index in [9.17, 15) is 0 Å². The van der Waals surface area contributed by atoms with Crippen molar-refractivity contribution >= 4 is 0 Å². The topological polar surface area (TPSA) is 42.7 Å². The third-order valence-corrected chi connectivity index (χ3v) is 3.64. The third-order valence-electron chi connectivity index (χ3n) is 3.64. The van der Waals surface area contributed by atoms with Gasteiger partial charge in [-0.1, -0.05) is 0 Å². The zero-order chi connectivity index (χ0) is 12.4. The van der Waals surface area contributed by atoms with Crippen LogP contribution in [-0.2, 0) is 7.05 Å². The molecule has 0 aromatic carbocycles.